The van der Waals surface area contributed by atoms with Crippen molar-refractivity contribution in [2.45, 2.75) is 97.9 Å². The lowest BCUT2D eigenvalue weighted by molar-refractivity contribution is 0.353. The van der Waals surface area contributed by atoms with Gasteiger partial charge in [-0.2, -0.15) is 5.10 Å². The zero-order chi connectivity index (χ0) is 26.9. The van der Waals surface area contributed by atoms with Gasteiger partial charge in [0.2, 0.25) is 0 Å². The zero-order valence-corrected chi connectivity index (χ0v) is 23.9. The predicted octanol–water partition coefficient (Wildman–Crippen LogP) is 8.23. The summed E-state index contributed by atoms with van der Waals surface area (Å²) in [5.74, 6) is 15.2. The van der Waals surface area contributed by atoms with Gasteiger partial charge in [-0.15, -0.1) is 0 Å². The maximum absolute atomic E-state index is 5.89. The molecule has 0 amide bonds. The molecule has 4 nitrogen and oxygen atoms in total. The van der Waals surface area contributed by atoms with E-state index in [2.05, 4.69) is 67.3 Å². The van der Waals surface area contributed by atoms with Gasteiger partial charge in [0, 0.05) is 35.9 Å². The third kappa shape index (κ3) is 6.02. The van der Waals surface area contributed by atoms with Gasteiger partial charge in [-0.25, -0.2) is 0 Å². The first-order valence-electron chi connectivity index (χ1n) is 14.4. The second-order valence-corrected chi connectivity index (χ2v) is 10.3. The highest BCUT2D eigenvalue weighted by atomic mass is 16.5. The molecule has 1 aliphatic rings. The van der Waals surface area contributed by atoms with E-state index in [-0.39, 0.29) is 0 Å². The van der Waals surface area contributed by atoms with E-state index in [0.717, 1.165) is 76.8 Å². The van der Waals surface area contributed by atoms with Crippen LogP contribution in [-0.4, -0.2) is 24.0 Å². The van der Waals surface area contributed by atoms with Crippen LogP contribution in [0.15, 0.2) is 18.2 Å². The minimum absolute atomic E-state index is 0.704. The van der Waals surface area contributed by atoms with Crippen molar-refractivity contribution in [1.82, 2.24) is 9.78 Å². The smallest absolute Gasteiger partial charge is 0.177 e. The molecule has 200 valence electrons. The number of aryl methyl sites for hydroxylation is 3. The lowest BCUT2D eigenvalue weighted by atomic mass is 9.90. The molecule has 0 spiro atoms. The van der Waals surface area contributed by atoms with E-state index in [1.807, 2.05) is 0 Å². The van der Waals surface area contributed by atoms with E-state index >= 15 is 0 Å². The van der Waals surface area contributed by atoms with Crippen LogP contribution in [0.3, 0.4) is 0 Å². The molecule has 4 rings (SSSR count). The summed E-state index contributed by atoms with van der Waals surface area (Å²) < 4.78 is 13.8. The summed E-state index contributed by atoms with van der Waals surface area (Å²) in [6.07, 6.45) is 12.5. The largest absolute Gasteiger partial charge is 0.493 e. The summed E-state index contributed by atoms with van der Waals surface area (Å²) in [7, 11) is 3.40. The van der Waals surface area contributed by atoms with Crippen LogP contribution >= 0.6 is 0 Å². The lowest BCUT2D eigenvalue weighted by Gasteiger charge is -2.23. The van der Waals surface area contributed by atoms with Crippen molar-refractivity contribution < 1.29 is 9.47 Å². The molecule has 0 aliphatic carbocycles. The molecule has 0 bridgehead atoms. The monoisotopic (exact) mass is 510 g/mol. The molecular weight excluding hydrogens is 468 g/mol. The van der Waals surface area contributed by atoms with E-state index in [1.165, 1.54) is 50.5 Å². The molecule has 0 saturated heterocycles. The van der Waals surface area contributed by atoms with Gasteiger partial charge in [-0.05, 0) is 55.5 Å². The Morgan fingerprint density at radius 1 is 0.868 bits per heavy atom. The fourth-order valence-corrected chi connectivity index (χ4v) is 5.36. The summed E-state index contributed by atoms with van der Waals surface area (Å²) in [4.78, 5) is 0. The van der Waals surface area contributed by atoms with E-state index in [4.69, 9.17) is 14.6 Å². The predicted molar refractivity (Wildman–Crippen MR) is 158 cm³/mol. The van der Waals surface area contributed by atoms with Crippen molar-refractivity contribution >= 4 is 10.9 Å². The molecule has 0 atom stereocenters. The summed E-state index contributed by atoms with van der Waals surface area (Å²) in [5, 5.41) is 6.18. The molecule has 1 aliphatic heterocycles. The van der Waals surface area contributed by atoms with Crippen molar-refractivity contribution in [3.05, 3.63) is 40.5 Å². The second kappa shape index (κ2) is 13.4. The van der Waals surface area contributed by atoms with Crippen LogP contribution in [0.25, 0.3) is 22.2 Å². The molecular formula is C34H42N2O2. The standard InChI is InChI=1S/C34H42N2O2/c1-6-8-10-12-14-16-18-26-22-25(3)32-29(23-26)33-31-27(20-21-36(33)35-32)24-30(37-4)34(38-5)28(31)19-17-15-13-11-9-7-2/h22-24H,6-15,20-21H2,1-5H3. The SMILES string of the molecule is CCCCCCC#Cc1cc(C)c2nn3c(c2c1)-c1c(cc(OC)c(OC)c1C#CCCCCCC)CC3. The normalized spacial score (nSPS) is 11.7. The number of fused-ring (bicyclic) bond motifs is 5. The number of methoxy groups -OCH3 is 2. The van der Waals surface area contributed by atoms with Crippen LogP contribution in [0.4, 0.5) is 0 Å². The van der Waals surface area contributed by atoms with Gasteiger partial charge in [0.05, 0.1) is 31.0 Å². The van der Waals surface area contributed by atoms with Gasteiger partial charge in [0.15, 0.2) is 11.5 Å². The molecule has 3 aromatic rings. The Bertz CT molecular complexity index is 1390. The number of unbranched alkanes of at least 4 members (excludes halogenated alkanes) is 8. The van der Waals surface area contributed by atoms with E-state index in [1.54, 1.807) is 14.2 Å². The highest BCUT2D eigenvalue weighted by molar-refractivity contribution is 5.99. The van der Waals surface area contributed by atoms with Gasteiger partial charge >= 0.3 is 0 Å². The Balaban J connectivity index is 1.80. The average molecular weight is 511 g/mol. The average Bonchev–Trinajstić information content (AvgIpc) is 3.31. The van der Waals surface area contributed by atoms with Crippen molar-refractivity contribution in [2.75, 3.05) is 14.2 Å². The molecule has 2 aromatic carbocycles. The lowest BCUT2D eigenvalue weighted by Crippen LogP contribution is -2.14. The first kappa shape index (κ1) is 27.7. The highest BCUT2D eigenvalue weighted by Gasteiger charge is 2.28. The molecule has 4 heteroatoms. The van der Waals surface area contributed by atoms with Crippen molar-refractivity contribution in [3.63, 3.8) is 0 Å². The number of hydrogen-bond donors (Lipinski definition) is 0. The zero-order valence-electron chi connectivity index (χ0n) is 23.9. The van der Waals surface area contributed by atoms with Gasteiger partial charge in [0.1, 0.15) is 0 Å². The molecule has 38 heavy (non-hydrogen) atoms. The Morgan fingerprint density at radius 2 is 1.58 bits per heavy atom. The Morgan fingerprint density at radius 3 is 2.24 bits per heavy atom. The minimum Gasteiger partial charge on any atom is -0.493 e. The van der Waals surface area contributed by atoms with Gasteiger partial charge in [-0.3, -0.25) is 4.68 Å². The fraction of sp³-hybridized carbons (Fsp3) is 0.500. The molecule has 2 heterocycles. The second-order valence-electron chi connectivity index (χ2n) is 10.3. The van der Waals surface area contributed by atoms with Gasteiger partial charge in [0.25, 0.3) is 0 Å². The number of nitrogens with zero attached hydrogens (tertiary/aromatic N) is 2. The highest BCUT2D eigenvalue weighted by Crippen LogP contribution is 2.45. The van der Waals surface area contributed by atoms with E-state index in [0.29, 0.717) is 5.75 Å². The number of benzene rings is 2. The van der Waals surface area contributed by atoms with Crippen LogP contribution in [0.5, 0.6) is 11.5 Å². The summed E-state index contributed by atoms with van der Waals surface area (Å²) >= 11 is 0. The van der Waals surface area contributed by atoms with Crippen LogP contribution < -0.4 is 9.47 Å². The van der Waals surface area contributed by atoms with Crippen molar-refractivity contribution in [3.8, 4) is 46.4 Å². The van der Waals surface area contributed by atoms with Crippen LogP contribution in [0, 0.1) is 30.6 Å². The molecule has 0 saturated carbocycles. The number of ether oxygens (including phenoxy) is 2. The molecule has 0 fully saturated rings. The third-order valence-electron chi connectivity index (χ3n) is 7.37. The van der Waals surface area contributed by atoms with E-state index in [9.17, 15) is 0 Å². The van der Waals surface area contributed by atoms with Gasteiger partial charge < -0.3 is 9.47 Å². The maximum Gasteiger partial charge on any atom is 0.177 e. The van der Waals surface area contributed by atoms with Crippen LogP contribution in [0.2, 0.25) is 0 Å². The molecule has 1 aromatic heterocycles. The Hall–Kier alpha value is -3.37. The summed E-state index contributed by atoms with van der Waals surface area (Å²) in [6.45, 7) is 7.44. The first-order chi connectivity index (χ1) is 18.6. The topological polar surface area (TPSA) is 36.3 Å². The number of hydrogen-bond acceptors (Lipinski definition) is 3. The third-order valence-corrected chi connectivity index (χ3v) is 7.37. The summed E-state index contributed by atoms with van der Waals surface area (Å²) in [6, 6.07) is 6.51. The quantitative estimate of drug-likeness (QED) is 0.204. The molecule has 0 unspecified atom stereocenters. The first-order valence-corrected chi connectivity index (χ1v) is 14.4. The van der Waals surface area contributed by atoms with Crippen LogP contribution in [0.1, 0.15) is 100 Å². The summed E-state index contributed by atoms with van der Waals surface area (Å²) in [5.41, 5.74) is 7.63. The maximum atomic E-state index is 5.89. The number of rotatable bonds is 10. The van der Waals surface area contributed by atoms with Crippen LogP contribution in [-0.2, 0) is 13.0 Å². The number of aromatic nitrogens is 2. The molecule has 0 radical (unpaired) electrons. The van der Waals surface area contributed by atoms with Crippen molar-refractivity contribution in [1.29, 1.82) is 0 Å². The van der Waals surface area contributed by atoms with Gasteiger partial charge in [-0.1, -0.05) is 76.1 Å². The Kier molecular flexibility index (Phi) is 9.78. The van der Waals surface area contributed by atoms with E-state index < -0.39 is 0 Å². The fourth-order valence-electron chi connectivity index (χ4n) is 5.36. The molecule has 0 N–H and O–H groups in total. The minimum atomic E-state index is 0.704. The van der Waals surface area contributed by atoms with Crippen molar-refractivity contribution in [2.24, 2.45) is 0 Å². The Labute approximate surface area is 229 Å².